The van der Waals surface area contributed by atoms with Gasteiger partial charge >= 0.3 is 0 Å². The van der Waals surface area contributed by atoms with Gasteiger partial charge in [0.2, 0.25) is 5.91 Å². The van der Waals surface area contributed by atoms with Crippen molar-refractivity contribution in [2.75, 3.05) is 18.5 Å². The molecule has 0 unspecified atom stereocenters. The predicted molar refractivity (Wildman–Crippen MR) is 66.5 cm³/mol. The zero-order valence-corrected chi connectivity index (χ0v) is 10.6. The topological polar surface area (TPSA) is 66.5 Å². The first-order valence-corrected chi connectivity index (χ1v) is 5.82. The van der Waals surface area contributed by atoms with Crippen molar-refractivity contribution in [3.63, 3.8) is 0 Å². The molecular weight excluding hydrogens is 251 g/mol. The lowest BCUT2D eigenvalue weighted by molar-refractivity contribution is -0.120. The normalized spacial score (nSPS) is 13.7. The summed E-state index contributed by atoms with van der Waals surface area (Å²) in [6, 6.07) is 2.75. The Balaban J connectivity index is 2.36. The fraction of sp³-hybridized carbons (Fsp3) is 0.308. The fourth-order valence-corrected chi connectivity index (χ4v) is 2.07. The van der Waals surface area contributed by atoms with Crippen LogP contribution in [0.2, 0.25) is 0 Å². The SMILES string of the molecule is CNC(=O)CCN1C(=O)C(=O)c2cc(C)cc(F)c21. The summed E-state index contributed by atoms with van der Waals surface area (Å²) in [5.41, 5.74) is 0.620. The van der Waals surface area contributed by atoms with Crippen LogP contribution in [0.1, 0.15) is 22.3 Å². The predicted octanol–water partition coefficient (Wildman–Crippen LogP) is 0.800. The molecule has 19 heavy (non-hydrogen) atoms. The summed E-state index contributed by atoms with van der Waals surface area (Å²) >= 11 is 0. The Hall–Kier alpha value is -2.24. The van der Waals surface area contributed by atoms with Crippen molar-refractivity contribution < 1.29 is 18.8 Å². The molecule has 2 amide bonds. The Labute approximate surface area is 109 Å². The van der Waals surface area contributed by atoms with E-state index >= 15 is 0 Å². The van der Waals surface area contributed by atoms with E-state index in [-0.39, 0.29) is 30.1 Å². The van der Waals surface area contributed by atoms with E-state index in [1.807, 2.05) is 0 Å². The minimum Gasteiger partial charge on any atom is -0.359 e. The molecule has 1 aliphatic heterocycles. The minimum absolute atomic E-state index is 0.0161. The van der Waals surface area contributed by atoms with Gasteiger partial charge in [0.15, 0.2) is 0 Å². The molecule has 0 bridgehead atoms. The third-order valence-corrected chi connectivity index (χ3v) is 3.00. The largest absolute Gasteiger partial charge is 0.359 e. The average molecular weight is 264 g/mol. The van der Waals surface area contributed by atoms with Gasteiger partial charge in [0.05, 0.1) is 11.3 Å². The minimum atomic E-state index is -0.789. The molecular formula is C13H13FN2O3. The number of fused-ring (bicyclic) bond motifs is 1. The molecule has 1 aliphatic rings. The van der Waals surface area contributed by atoms with E-state index in [0.717, 1.165) is 4.90 Å². The van der Waals surface area contributed by atoms with Gasteiger partial charge in [-0.2, -0.15) is 0 Å². The van der Waals surface area contributed by atoms with E-state index in [1.165, 1.54) is 19.2 Å². The highest BCUT2D eigenvalue weighted by molar-refractivity contribution is 6.52. The molecule has 0 fully saturated rings. The molecule has 0 saturated carbocycles. The summed E-state index contributed by atoms with van der Waals surface area (Å²) in [5.74, 6) is -2.41. The summed E-state index contributed by atoms with van der Waals surface area (Å²) < 4.78 is 13.9. The van der Waals surface area contributed by atoms with Crippen molar-refractivity contribution in [3.05, 3.63) is 29.1 Å². The number of anilines is 1. The molecule has 1 N–H and O–H groups in total. The second kappa shape index (κ2) is 4.79. The quantitative estimate of drug-likeness (QED) is 0.821. The zero-order chi connectivity index (χ0) is 14.2. The third kappa shape index (κ3) is 2.21. The Morgan fingerprint density at radius 1 is 1.37 bits per heavy atom. The highest BCUT2D eigenvalue weighted by Crippen LogP contribution is 2.32. The lowest BCUT2D eigenvalue weighted by Crippen LogP contribution is -2.34. The maximum Gasteiger partial charge on any atom is 0.299 e. The van der Waals surface area contributed by atoms with Crippen LogP contribution in [-0.4, -0.2) is 31.2 Å². The van der Waals surface area contributed by atoms with Gasteiger partial charge in [-0.25, -0.2) is 4.39 Å². The number of rotatable bonds is 3. The van der Waals surface area contributed by atoms with E-state index in [4.69, 9.17) is 0 Å². The summed E-state index contributed by atoms with van der Waals surface area (Å²) in [7, 11) is 1.47. The van der Waals surface area contributed by atoms with E-state index in [9.17, 15) is 18.8 Å². The number of carbonyl (C=O) groups excluding carboxylic acids is 3. The number of nitrogens with zero attached hydrogens (tertiary/aromatic N) is 1. The molecule has 0 aromatic heterocycles. The summed E-state index contributed by atoms with van der Waals surface area (Å²) in [6.07, 6.45) is 0.0161. The van der Waals surface area contributed by atoms with Crippen LogP contribution in [-0.2, 0) is 9.59 Å². The summed E-state index contributed by atoms with van der Waals surface area (Å²) in [4.78, 5) is 35.8. The fourth-order valence-electron chi connectivity index (χ4n) is 2.07. The van der Waals surface area contributed by atoms with Gasteiger partial charge in [0, 0.05) is 20.0 Å². The van der Waals surface area contributed by atoms with Crippen molar-refractivity contribution in [2.45, 2.75) is 13.3 Å². The second-order valence-electron chi connectivity index (χ2n) is 4.35. The number of nitrogens with one attached hydrogen (secondary N) is 1. The van der Waals surface area contributed by atoms with Crippen LogP contribution in [0.25, 0.3) is 0 Å². The van der Waals surface area contributed by atoms with Crippen molar-refractivity contribution in [2.24, 2.45) is 0 Å². The van der Waals surface area contributed by atoms with E-state index in [1.54, 1.807) is 6.92 Å². The molecule has 100 valence electrons. The van der Waals surface area contributed by atoms with Crippen LogP contribution in [0.4, 0.5) is 10.1 Å². The number of carbonyl (C=O) groups is 3. The maximum atomic E-state index is 13.9. The smallest absolute Gasteiger partial charge is 0.299 e. The molecule has 0 saturated heterocycles. The van der Waals surface area contributed by atoms with Gasteiger partial charge < -0.3 is 10.2 Å². The Bertz CT molecular complexity index is 583. The zero-order valence-electron chi connectivity index (χ0n) is 10.6. The Kier molecular flexibility index (Phi) is 3.33. The second-order valence-corrected chi connectivity index (χ2v) is 4.35. The maximum absolute atomic E-state index is 13.9. The highest BCUT2D eigenvalue weighted by atomic mass is 19.1. The highest BCUT2D eigenvalue weighted by Gasteiger charge is 2.38. The van der Waals surface area contributed by atoms with Crippen molar-refractivity contribution in [1.82, 2.24) is 5.32 Å². The number of hydrogen-bond acceptors (Lipinski definition) is 3. The lowest BCUT2D eigenvalue weighted by Gasteiger charge is -2.16. The molecule has 0 aliphatic carbocycles. The molecule has 0 spiro atoms. The van der Waals surface area contributed by atoms with E-state index in [2.05, 4.69) is 5.32 Å². The Morgan fingerprint density at radius 2 is 2.05 bits per heavy atom. The molecule has 2 rings (SSSR count). The lowest BCUT2D eigenvalue weighted by atomic mass is 10.1. The first kappa shape index (κ1) is 13.2. The van der Waals surface area contributed by atoms with Gasteiger partial charge in [-0.3, -0.25) is 14.4 Å². The van der Waals surface area contributed by atoms with Crippen LogP contribution in [0.3, 0.4) is 0 Å². The standard InChI is InChI=1S/C13H13FN2O3/c1-7-5-8-11(9(14)6-7)16(13(19)12(8)18)4-3-10(17)15-2/h5-6H,3-4H2,1-2H3,(H,15,17). The number of aryl methyl sites for hydroxylation is 1. The van der Waals surface area contributed by atoms with Crippen molar-refractivity contribution in [1.29, 1.82) is 0 Å². The first-order chi connectivity index (χ1) is 8.95. The number of hydrogen-bond donors (Lipinski definition) is 1. The van der Waals surface area contributed by atoms with Crippen LogP contribution >= 0.6 is 0 Å². The molecule has 0 atom stereocenters. The van der Waals surface area contributed by atoms with E-state index < -0.39 is 17.5 Å². The molecule has 1 heterocycles. The van der Waals surface area contributed by atoms with Gasteiger partial charge in [-0.1, -0.05) is 0 Å². The van der Waals surface area contributed by atoms with Crippen LogP contribution in [0.5, 0.6) is 0 Å². The first-order valence-electron chi connectivity index (χ1n) is 5.82. The third-order valence-electron chi connectivity index (χ3n) is 3.00. The van der Waals surface area contributed by atoms with Gasteiger partial charge in [0.25, 0.3) is 11.7 Å². The summed E-state index contributed by atoms with van der Waals surface area (Å²) in [5, 5.41) is 2.41. The summed E-state index contributed by atoms with van der Waals surface area (Å²) in [6.45, 7) is 1.63. The number of amides is 2. The monoisotopic (exact) mass is 264 g/mol. The number of Topliss-reactive ketones (excluding diaryl/α,β-unsaturated/α-hetero) is 1. The van der Waals surface area contributed by atoms with Crippen molar-refractivity contribution >= 4 is 23.3 Å². The van der Waals surface area contributed by atoms with Crippen LogP contribution in [0, 0.1) is 12.7 Å². The molecule has 0 radical (unpaired) electrons. The molecule has 1 aromatic carbocycles. The van der Waals surface area contributed by atoms with Crippen LogP contribution in [0.15, 0.2) is 12.1 Å². The van der Waals surface area contributed by atoms with Gasteiger partial charge in [-0.05, 0) is 24.6 Å². The number of ketones is 1. The average Bonchev–Trinajstić information content (AvgIpc) is 2.60. The number of halogens is 1. The van der Waals surface area contributed by atoms with Gasteiger partial charge in [0.1, 0.15) is 5.82 Å². The van der Waals surface area contributed by atoms with E-state index in [0.29, 0.717) is 5.56 Å². The van der Waals surface area contributed by atoms with Gasteiger partial charge in [-0.15, -0.1) is 0 Å². The molecule has 6 heteroatoms. The Morgan fingerprint density at radius 3 is 2.68 bits per heavy atom. The van der Waals surface area contributed by atoms with Crippen molar-refractivity contribution in [3.8, 4) is 0 Å². The number of benzene rings is 1. The molecule has 1 aromatic rings. The van der Waals surface area contributed by atoms with Crippen LogP contribution < -0.4 is 10.2 Å². The molecule has 5 nitrogen and oxygen atoms in total.